The van der Waals surface area contributed by atoms with Crippen molar-refractivity contribution in [2.24, 2.45) is 0 Å². The Bertz CT molecular complexity index is 787. The molecule has 2 aromatic rings. The summed E-state index contributed by atoms with van der Waals surface area (Å²) < 4.78 is 5.28. The van der Waals surface area contributed by atoms with Gasteiger partial charge in [-0.25, -0.2) is 4.98 Å². The number of hydrogen-bond acceptors (Lipinski definition) is 4. The van der Waals surface area contributed by atoms with Crippen LogP contribution >= 0.6 is 12.2 Å². The van der Waals surface area contributed by atoms with Crippen LogP contribution in [0.3, 0.4) is 0 Å². The summed E-state index contributed by atoms with van der Waals surface area (Å²) in [4.78, 5) is 3.33. The van der Waals surface area contributed by atoms with E-state index in [-0.39, 0.29) is 0 Å². The first-order valence-electron chi connectivity index (χ1n) is 8.84. The summed E-state index contributed by atoms with van der Waals surface area (Å²) in [5.41, 5.74) is 2.78. The van der Waals surface area contributed by atoms with Gasteiger partial charge >= 0.3 is 0 Å². The summed E-state index contributed by atoms with van der Waals surface area (Å²) in [7, 11) is 0. The molecule has 0 aliphatic heterocycles. The van der Waals surface area contributed by atoms with Gasteiger partial charge in [-0.2, -0.15) is 5.26 Å². The molecule has 26 heavy (non-hydrogen) atoms. The predicted octanol–water partition coefficient (Wildman–Crippen LogP) is 2.14. The number of nitrogens with zero attached hydrogens (tertiary/aromatic N) is 1. The average molecular weight is 373 g/mol. The van der Waals surface area contributed by atoms with Crippen LogP contribution in [0.25, 0.3) is 10.9 Å². The molecule has 0 atom stereocenters. The molecular weight excluding hydrogens is 346 g/mol. The zero-order valence-corrected chi connectivity index (χ0v) is 16.1. The minimum atomic E-state index is 0.597. The molecule has 0 saturated heterocycles. The van der Waals surface area contributed by atoms with E-state index in [1.54, 1.807) is 0 Å². The molecule has 0 bridgehead atoms. The Balaban J connectivity index is 1.81. The molecule has 7 heteroatoms. The maximum Gasteiger partial charge on any atom is 0.290 e. The zero-order chi connectivity index (χ0) is 18.8. The smallest absolute Gasteiger partial charge is 0.290 e. The molecule has 1 heterocycles. The summed E-state index contributed by atoms with van der Waals surface area (Å²) in [6, 6.07) is 10.2. The van der Waals surface area contributed by atoms with Crippen molar-refractivity contribution >= 4 is 34.1 Å². The Morgan fingerprint density at radius 3 is 2.85 bits per heavy atom. The molecule has 2 rings (SSSR count). The second kappa shape index (κ2) is 10.5. The van der Waals surface area contributed by atoms with Crippen molar-refractivity contribution in [1.29, 1.82) is 5.26 Å². The number of fused-ring (bicyclic) bond motifs is 1. The van der Waals surface area contributed by atoms with E-state index in [1.165, 1.54) is 0 Å². The van der Waals surface area contributed by atoms with E-state index in [2.05, 4.69) is 27.0 Å². The predicted molar refractivity (Wildman–Crippen MR) is 108 cm³/mol. The van der Waals surface area contributed by atoms with Crippen molar-refractivity contribution < 1.29 is 9.72 Å². The van der Waals surface area contributed by atoms with E-state index in [1.807, 2.05) is 38.1 Å². The summed E-state index contributed by atoms with van der Waals surface area (Å²) in [5.74, 6) is 0.728. The topological polar surface area (TPSA) is 83.2 Å². The van der Waals surface area contributed by atoms with Gasteiger partial charge in [0.25, 0.3) is 5.82 Å². The number of rotatable bonds is 9. The number of nitriles is 1. The average Bonchev–Trinajstić information content (AvgIpc) is 2.65. The first-order chi connectivity index (χ1) is 12.7. The van der Waals surface area contributed by atoms with Gasteiger partial charge < -0.3 is 15.4 Å². The molecule has 6 nitrogen and oxygen atoms in total. The fraction of sp³-hybridized carbons (Fsp3) is 0.421. The first-order valence-corrected chi connectivity index (χ1v) is 9.25. The number of benzene rings is 1. The molecule has 0 radical (unpaired) electrons. The number of aromatic nitrogens is 1. The highest BCUT2D eigenvalue weighted by Gasteiger charge is 2.13. The van der Waals surface area contributed by atoms with E-state index in [9.17, 15) is 5.26 Å². The van der Waals surface area contributed by atoms with Crippen LogP contribution in [0.15, 0.2) is 24.3 Å². The zero-order valence-electron chi connectivity index (χ0n) is 15.3. The van der Waals surface area contributed by atoms with Gasteiger partial charge in [0, 0.05) is 25.1 Å². The van der Waals surface area contributed by atoms with Crippen LogP contribution < -0.4 is 20.9 Å². The lowest BCUT2D eigenvalue weighted by atomic mass is 10.1. The van der Waals surface area contributed by atoms with Crippen molar-refractivity contribution in [3.8, 4) is 6.07 Å². The van der Waals surface area contributed by atoms with Crippen molar-refractivity contribution in [2.75, 3.05) is 38.2 Å². The van der Waals surface area contributed by atoms with Crippen LogP contribution in [0.4, 0.5) is 5.82 Å². The van der Waals surface area contributed by atoms with Gasteiger partial charge in [0.1, 0.15) is 23.7 Å². The quantitative estimate of drug-likeness (QED) is 0.462. The van der Waals surface area contributed by atoms with Crippen LogP contribution in [-0.2, 0) is 4.74 Å². The molecule has 0 saturated carbocycles. The Morgan fingerprint density at radius 2 is 2.08 bits per heavy atom. The SMILES string of the molecule is CCOCCCNC(=S)NCCNc1[nH+]c2c(C)cccc2cc1C#N. The van der Waals surface area contributed by atoms with Crippen LogP contribution in [0, 0.1) is 18.3 Å². The number of hydrogen-bond donors (Lipinski definition) is 3. The van der Waals surface area contributed by atoms with E-state index in [4.69, 9.17) is 17.0 Å². The number of thiocarbonyl (C=S) groups is 1. The van der Waals surface area contributed by atoms with Gasteiger partial charge in [0.05, 0.1) is 6.54 Å². The van der Waals surface area contributed by atoms with Crippen LogP contribution in [0.1, 0.15) is 24.5 Å². The number of aryl methyl sites for hydroxylation is 1. The molecule has 1 aromatic heterocycles. The van der Waals surface area contributed by atoms with Gasteiger partial charge in [0.2, 0.25) is 0 Å². The highest BCUT2D eigenvalue weighted by Crippen LogP contribution is 2.18. The van der Waals surface area contributed by atoms with Gasteiger partial charge in [-0.05, 0) is 44.1 Å². The summed E-state index contributed by atoms with van der Waals surface area (Å²) in [5, 5.41) is 20.6. The van der Waals surface area contributed by atoms with Crippen molar-refractivity contribution in [2.45, 2.75) is 20.3 Å². The maximum atomic E-state index is 9.38. The molecule has 138 valence electrons. The summed E-state index contributed by atoms with van der Waals surface area (Å²) in [6.45, 7) is 7.59. The van der Waals surface area contributed by atoms with Crippen molar-refractivity contribution in [1.82, 2.24) is 10.6 Å². The Labute approximate surface area is 159 Å². The number of aromatic amines is 1. The lowest BCUT2D eigenvalue weighted by Crippen LogP contribution is -2.38. The second-order valence-corrected chi connectivity index (χ2v) is 6.28. The molecule has 0 aliphatic carbocycles. The minimum Gasteiger partial charge on any atom is -0.382 e. The lowest BCUT2D eigenvalue weighted by Gasteiger charge is -2.10. The van der Waals surface area contributed by atoms with E-state index in [0.717, 1.165) is 48.5 Å². The Kier molecular flexibility index (Phi) is 8.06. The van der Waals surface area contributed by atoms with Crippen molar-refractivity contribution in [3.63, 3.8) is 0 Å². The van der Waals surface area contributed by atoms with Crippen LogP contribution in [0.2, 0.25) is 0 Å². The van der Waals surface area contributed by atoms with Gasteiger partial charge in [-0.3, -0.25) is 5.32 Å². The van der Waals surface area contributed by atoms with Crippen LogP contribution in [-0.4, -0.2) is 38.0 Å². The highest BCUT2D eigenvalue weighted by molar-refractivity contribution is 7.80. The monoisotopic (exact) mass is 372 g/mol. The third kappa shape index (κ3) is 5.83. The number of ether oxygens (including phenoxy) is 1. The third-order valence-corrected chi connectivity index (χ3v) is 4.20. The minimum absolute atomic E-state index is 0.597. The van der Waals surface area contributed by atoms with E-state index >= 15 is 0 Å². The number of nitrogens with one attached hydrogen (secondary N) is 4. The third-order valence-electron chi connectivity index (χ3n) is 3.91. The number of anilines is 1. The Hall–Kier alpha value is -2.43. The molecular formula is C19H26N5OS+. The van der Waals surface area contributed by atoms with E-state index < -0.39 is 0 Å². The van der Waals surface area contributed by atoms with Gasteiger partial charge in [-0.15, -0.1) is 0 Å². The molecule has 0 amide bonds. The normalized spacial score (nSPS) is 10.3. The standard InChI is InChI=1S/C19H25N5OS/c1-3-25-11-5-8-22-19(26)23-10-9-21-18-16(13-20)12-15-7-4-6-14(2)17(15)24-18/h4,6-7,12H,3,5,8-11H2,1-2H3,(H,21,24)(H2,22,23,26)/p+1. The molecule has 0 spiro atoms. The van der Waals surface area contributed by atoms with E-state index in [0.29, 0.717) is 23.8 Å². The molecule has 1 aromatic carbocycles. The molecule has 0 fully saturated rings. The largest absolute Gasteiger partial charge is 0.382 e. The highest BCUT2D eigenvalue weighted by atomic mass is 32.1. The second-order valence-electron chi connectivity index (χ2n) is 5.87. The molecule has 4 N–H and O–H groups in total. The Morgan fingerprint density at radius 1 is 1.27 bits per heavy atom. The number of H-pyrrole nitrogens is 1. The van der Waals surface area contributed by atoms with Crippen LogP contribution in [0.5, 0.6) is 0 Å². The number of para-hydroxylation sites is 1. The van der Waals surface area contributed by atoms with Gasteiger partial charge in [0.15, 0.2) is 5.11 Å². The fourth-order valence-electron chi connectivity index (χ4n) is 2.58. The molecule has 0 aliphatic rings. The van der Waals surface area contributed by atoms with Gasteiger partial charge in [-0.1, -0.05) is 18.2 Å². The fourth-order valence-corrected chi connectivity index (χ4v) is 2.78. The lowest BCUT2D eigenvalue weighted by molar-refractivity contribution is -0.328. The number of pyridine rings is 1. The maximum absolute atomic E-state index is 9.38. The molecule has 0 unspecified atom stereocenters. The summed E-state index contributed by atoms with van der Waals surface area (Å²) in [6.07, 6.45) is 0.921. The summed E-state index contributed by atoms with van der Waals surface area (Å²) >= 11 is 5.24. The van der Waals surface area contributed by atoms with Crippen molar-refractivity contribution in [3.05, 3.63) is 35.4 Å². The first kappa shape index (κ1) is 19.9.